The van der Waals surface area contributed by atoms with E-state index in [0.717, 1.165) is 28.8 Å². The molecule has 0 atom stereocenters. The van der Waals surface area contributed by atoms with Crippen molar-refractivity contribution in [1.29, 1.82) is 0 Å². The number of hydrogen-bond acceptors (Lipinski definition) is 2. The molecule has 3 aromatic carbocycles. The lowest BCUT2D eigenvalue weighted by atomic mass is 9.94. The van der Waals surface area contributed by atoms with Gasteiger partial charge in [0.05, 0.1) is 0 Å². The number of halogens is 2. The van der Waals surface area contributed by atoms with Gasteiger partial charge in [-0.15, -0.1) is 0 Å². The molecule has 0 saturated carbocycles. The summed E-state index contributed by atoms with van der Waals surface area (Å²) in [7, 11) is 0. The number of aryl methyl sites for hydroxylation is 1. The van der Waals surface area contributed by atoms with Crippen LogP contribution in [0.4, 0.5) is 0 Å². The van der Waals surface area contributed by atoms with Crippen LogP contribution >= 0.6 is 23.2 Å². The molecule has 4 rings (SSSR count). The third kappa shape index (κ3) is 5.74. The van der Waals surface area contributed by atoms with Crippen LogP contribution in [0.15, 0.2) is 83.9 Å². The molecule has 156 valence electrons. The topological polar surface area (TPSA) is 20.3 Å². The Balaban J connectivity index is 1.68. The van der Waals surface area contributed by atoms with Gasteiger partial charge in [-0.1, -0.05) is 77.3 Å². The van der Waals surface area contributed by atoms with Gasteiger partial charge in [0.25, 0.3) is 0 Å². The molecular formula is C27H23Cl2NO. The molecule has 0 bridgehead atoms. The summed E-state index contributed by atoms with van der Waals surface area (Å²) in [5, 5.41) is 1.31. The van der Waals surface area contributed by atoms with E-state index in [4.69, 9.17) is 23.2 Å². The van der Waals surface area contributed by atoms with E-state index in [9.17, 15) is 4.79 Å². The van der Waals surface area contributed by atoms with Gasteiger partial charge in [-0.25, -0.2) is 0 Å². The second kappa shape index (κ2) is 9.65. The first kappa shape index (κ1) is 21.6. The molecule has 0 N–H and O–H groups in total. The summed E-state index contributed by atoms with van der Waals surface area (Å²) < 4.78 is 0. The lowest BCUT2D eigenvalue weighted by Gasteiger charge is -2.30. The predicted molar refractivity (Wildman–Crippen MR) is 130 cm³/mol. The average Bonchev–Trinajstić information content (AvgIpc) is 2.73. The molecule has 3 aromatic rings. The number of Topliss-reactive ketones (excluding diaryl/α,β-unsaturated/α-hetero) is 1. The molecular weight excluding hydrogens is 425 g/mol. The van der Waals surface area contributed by atoms with Crippen LogP contribution in [0.1, 0.15) is 22.3 Å². The van der Waals surface area contributed by atoms with Crippen molar-refractivity contribution in [2.24, 2.45) is 0 Å². The average molecular weight is 448 g/mol. The number of carbonyl (C=O) groups excluding carboxylic acids is 1. The highest BCUT2D eigenvalue weighted by Gasteiger charge is 2.26. The third-order valence-corrected chi connectivity index (χ3v) is 5.75. The SMILES string of the molecule is Cc1ccc(CN2CC(=Cc3cccc(Cl)c3)C(=O)C(=Cc3cccc(Cl)c3)C2)cc1. The fraction of sp³-hybridized carbons (Fsp3) is 0.148. The van der Waals surface area contributed by atoms with Crippen molar-refractivity contribution in [3.05, 3.63) is 116 Å². The van der Waals surface area contributed by atoms with Gasteiger partial charge in [0, 0.05) is 40.8 Å². The number of ketones is 1. The molecule has 1 fully saturated rings. The van der Waals surface area contributed by atoms with Gasteiger partial charge in [-0.3, -0.25) is 9.69 Å². The smallest absolute Gasteiger partial charge is 0.187 e. The molecule has 0 unspecified atom stereocenters. The highest BCUT2D eigenvalue weighted by molar-refractivity contribution is 6.31. The van der Waals surface area contributed by atoms with Crippen molar-refractivity contribution in [2.45, 2.75) is 13.5 Å². The maximum absolute atomic E-state index is 13.3. The molecule has 0 radical (unpaired) electrons. The Morgan fingerprint density at radius 2 is 1.32 bits per heavy atom. The van der Waals surface area contributed by atoms with E-state index in [1.54, 1.807) is 0 Å². The monoisotopic (exact) mass is 447 g/mol. The Morgan fingerprint density at radius 1 is 0.806 bits per heavy atom. The highest BCUT2D eigenvalue weighted by Crippen LogP contribution is 2.25. The van der Waals surface area contributed by atoms with Gasteiger partial charge >= 0.3 is 0 Å². The molecule has 0 spiro atoms. The summed E-state index contributed by atoms with van der Waals surface area (Å²) in [6.45, 7) is 4.03. The van der Waals surface area contributed by atoms with E-state index in [0.29, 0.717) is 23.1 Å². The number of nitrogens with zero attached hydrogens (tertiary/aromatic N) is 1. The zero-order chi connectivity index (χ0) is 21.8. The maximum Gasteiger partial charge on any atom is 0.187 e. The summed E-state index contributed by atoms with van der Waals surface area (Å²) in [5.74, 6) is 0.0695. The van der Waals surface area contributed by atoms with Gasteiger partial charge in [0.2, 0.25) is 0 Å². The third-order valence-electron chi connectivity index (χ3n) is 5.28. The van der Waals surface area contributed by atoms with Gasteiger partial charge < -0.3 is 0 Å². The molecule has 4 heteroatoms. The van der Waals surface area contributed by atoms with E-state index in [1.165, 1.54) is 11.1 Å². The predicted octanol–water partition coefficient (Wildman–Crippen LogP) is 6.85. The van der Waals surface area contributed by atoms with Crippen molar-refractivity contribution in [2.75, 3.05) is 13.1 Å². The van der Waals surface area contributed by atoms with Gasteiger partial charge in [0.15, 0.2) is 5.78 Å². The first-order valence-corrected chi connectivity index (χ1v) is 11.0. The fourth-order valence-electron chi connectivity index (χ4n) is 3.77. The molecule has 1 saturated heterocycles. The summed E-state index contributed by atoms with van der Waals surface area (Å²) in [5.41, 5.74) is 5.83. The summed E-state index contributed by atoms with van der Waals surface area (Å²) in [4.78, 5) is 15.6. The van der Waals surface area contributed by atoms with Gasteiger partial charge in [0.1, 0.15) is 0 Å². The minimum atomic E-state index is 0.0695. The van der Waals surface area contributed by atoms with Crippen LogP contribution in [0.5, 0.6) is 0 Å². The maximum atomic E-state index is 13.3. The van der Waals surface area contributed by atoms with E-state index in [1.807, 2.05) is 60.7 Å². The molecule has 1 aliphatic rings. The Morgan fingerprint density at radius 3 is 1.81 bits per heavy atom. The number of likely N-dealkylation sites (tertiary alicyclic amines) is 1. The van der Waals surface area contributed by atoms with Gasteiger partial charge in [-0.05, 0) is 60.0 Å². The summed E-state index contributed by atoms with van der Waals surface area (Å²) in [6.07, 6.45) is 3.89. The quantitative estimate of drug-likeness (QED) is 0.407. The summed E-state index contributed by atoms with van der Waals surface area (Å²) in [6, 6.07) is 23.7. The Bertz CT molecular complexity index is 1090. The number of piperidine rings is 1. The molecule has 0 aliphatic carbocycles. The van der Waals surface area contributed by atoms with Crippen molar-refractivity contribution in [3.63, 3.8) is 0 Å². The van der Waals surface area contributed by atoms with E-state index < -0.39 is 0 Å². The first-order chi connectivity index (χ1) is 15.0. The van der Waals surface area contributed by atoms with E-state index in [2.05, 4.69) is 36.1 Å². The van der Waals surface area contributed by atoms with Crippen molar-refractivity contribution in [1.82, 2.24) is 4.90 Å². The van der Waals surface area contributed by atoms with Crippen molar-refractivity contribution >= 4 is 41.1 Å². The van der Waals surface area contributed by atoms with Crippen LogP contribution in [-0.4, -0.2) is 23.8 Å². The lowest BCUT2D eigenvalue weighted by Crippen LogP contribution is -2.37. The van der Waals surface area contributed by atoms with Crippen LogP contribution < -0.4 is 0 Å². The Kier molecular flexibility index (Phi) is 6.72. The van der Waals surface area contributed by atoms with Crippen LogP contribution in [0.3, 0.4) is 0 Å². The van der Waals surface area contributed by atoms with Crippen LogP contribution in [-0.2, 0) is 11.3 Å². The van der Waals surface area contributed by atoms with Crippen LogP contribution in [0.2, 0.25) is 10.0 Å². The fourth-order valence-corrected chi connectivity index (χ4v) is 4.17. The van der Waals surface area contributed by atoms with Crippen molar-refractivity contribution in [3.8, 4) is 0 Å². The number of benzene rings is 3. The minimum Gasteiger partial charge on any atom is -0.290 e. The normalized spacial score (nSPS) is 17.5. The number of hydrogen-bond donors (Lipinski definition) is 0. The first-order valence-electron chi connectivity index (χ1n) is 10.2. The second-order valence-electron chi connectivity index (χ2n) is 7.91. The number of rotatable bonds is 4. The number of carbonyl (C=O) groups is 1. The molecule has 1 aliphatic heterocycles. The van der Waals surface area contributed by atoms with E-state index >= 15 is 0 Å². The largest absolute Gasteiger partial charge is 0.290 e. The van der Waals surface area contributed by atoms with Crippen LogP contribution in [0.25, 0.3) is 12.2 Å². The lowest BCUT2D eigenvalue weighted by molar-refractivity contribution is -0.113. The molecule has 31 heavy (non-hydrogen) atoms. The van der Waals surface area contributed by atoms with Crippen molar-refractivity contribution < 1.29 is 4.79 Å². The Labute approximate surface area is 193 Å². The minimum absolute atomic E-state index is 0.0695. The highest BCUT2D eigenvalue weighted by atomic mass is 35.5. The van der Waals surface area contributed by atoms with Crippen LogP contribution in [0, 0.1) is 6.92 Å². The molecule has 0 amide bonds. The molecule has 2 nitrogen and oxygen atoms in total. The standard InChI is InChI=1S/C27H23Cl2NO/c1-19-8-10-20(11-9-19)16-30-17-23(12-21-4-2-6-25(28)14-21)27(31)24(18-30)13-22-5-3-7-26(29)15-22/h2-15H,16-18H2,1H3. The van der Waals surface area contributed by atoms with Gasteiger partial charge in [-0.2, -0.15) is 0 Å². The summed E-state index contributed by atoms with van der Waals surface area (Å²) >= 11 is 12.3. The van der Waals surface area contributed by atoms with E-state index in [-0.39, 0.29) is 5.78 Å². The zero-order valence-electron chi connectivity index (χ0n) is 17.3. The Hall–Kier alpha value is -2.65. The zero-order valence-corrected chi connectivity index (χ0v) is 18.8. The second-order valence-corrected chi connectivity index (χ2v) is 8.78. The molecule has 1 heterocycles. The molecule has 0 aromatic heterocycles.